The number of aryl methyl sites for hydroxylation is 2. The first-order valence-corrected chi connectivity index (χ1v) is 9.04. The summed E-state index contributed by atoms with van der Waals surface area (Å²) in [7, 11) is 1.86. The number of carbonyl (C=O) groups excluding carboxylic acids is 2. The number of amides is 2. The Morgan fingerprint density at radius 2 is 2.00 bits per heavy atom. The first kappa shape index (κ1) is 19.0. The van der Waals surface area contributed by atoms with Crippen LogP contribution in [-0.4, -0.2) is 48.5 Å². The molecule has 144 valence electrons. The molecule has 8 heteroatoms. The predicted molar refractivity (Wildman–Crippen MR) is 99.8 cm³/mol. The van der Waals surface area contributed by atoms with Crippen LogP contribution in [0.15, 0.2) is 24.8 Å². The predicted octanol–water partition coefficient (Wildman–Crippen LogP) is 1.64. The Bertz CT molecular complexity index is 837. The van der Waals surface area contributed by atoms with Crippen LogP contribution in [0.2, 0.25) is 0 Å². The van der Waals surface area contributed by atoms with Crippen molar-refractivity contribution < 1.29 is 9.59 Å². The molecular formula is C19H26N6O2. The summed E-state index contributed by atoms with van der Waals surface area (Å²) in [6, 6.07) is -0.129. The molecule has 0 saturated carbocycles. The Balaban J connectivity index is 1.79. The van der Waals surface area contributed by atoms with E-state index >= 15 is 0 Å². The van der Waals surface area contributed by atoms with Crippen molar-refractivity contribution in [2.75, 3.05) is 6.54 Å². The van der Waals surface area contributed by atoms with Crippen molar-refractivity contribution in [1.29, 1.82) is 0 Å². The molecule has 0 aromatic carbocycles. The third-order valence-corrected chi connectivity index (χ3v) is 4.76. The van der Waals surface area contributed by atoms with E-state index in [9.17, 15) is 9.59 Å². The van der Waals surface area contributed by atoms with E-state index in [-0.39, 0.29) is 35.0 Å². The average molecular weight is 370 g/mol. The minimum atomic E-state index is -0.321. The van der Waals surface area contributed by atoms with Crippen LogP contribution in [0.25, 0.3) is 0 Å². The quantitative estimate of drug-likeness (QED) is 0.883. The molecule has 3 heterocycles. The molecule has 1 aliphatic rings. The molecule has 2 atom stereocenters. The van der Waals surface area contributed by atoms with Gasteiger partial charge in [0.25, 0.3) is 5.91 Å². The summed E-state index contributed by atoms with van der Waals surface area (Å²) in [5, 5.41) is 7.17. The maximum Gasteiger partial charge on any atom is 0.271 e. The summed E-state index contributed by atoms with van der Waals surface area (Å²) in [4.78, 5) is 35.3. The van der Waals surface area contributed by atoms with Gasteiger partial charge >= 0.3 is 0 Å². The molecule has 8 nitrogen and oxygen atoms in total. The lowest BCUT2D eigenvalue weighted by atomic mass is 9.93. The Hall–Kier alpha value is -2.77. The molecule has 1 N–H and O–H groups in total. The fourth-order valence-corrected chi connectivity index (χ4v) is 3.61. The zero-order valence-electron chi connectivity index (χ0n) is 16.4. The zero-order valence-corrected chi connectivity index (χ0v) is 16.4. The van der Waals surface area contributed by atoms with Gasteiger partial charge in [0.1, 0.15) is 5.69 Å². The lowest BCUT2D eigenvalue weighted by Crippen LogP contribution is -2.44. The van der Waals surface area contributed by atoms with Gasteiger partial charge in [0.05, 0.1) is 24.1 Å². The number of nitrogens with one attached hydrogen (secondary N) is 1. The normalized spacial score (nSPS) is 20.2. The van der Waals surface area contributed by atoms with Crippen LogP contribution in [0.4, 0.5) is 0 Å². The van der Waals surface area contributed by atoms with E-state index in [4.69, 9.17) is 0 Å². The molecule has 2 amide bonds. The lowest BCUT2D eigenvalue weighted by molar-refractivity contribution is -0.133. The van der Waals surface area contributed by atoms with Gasteiger partial charge in [0.15, 0.2) is 0 Å². The van der Waals surface area contributed by atoms with Crippen molar-refractivity contribution >= 4 is 11.8 Å². The van der Waals surface area contributed by atoms with Crippen LogP contribution in [0.1, 0.15) is 55.0 Å². The van der Waals surface area contributed by atoms with Crippen LogP contribution in [0.3, 0.4) is 0 Å². The van der Waals surface area contributed by atoms with Gasteiger partial charge in [0.2, 0.25) is 5.91 Å². The molecule has 0 radical (unpaired) electrons. The van der Waals surface area contributed by atoms with Gasteiger partial charge in [0, 0.05) is 49.4 Å². The number of hydrogen-bond donors (Lipinski definition) is 1. The maximum absolute atomic E-state index is 12.7. The fourth-order valence-electron chi connectivity index (χ4n) is 3.61. The highest BCUT2D eigenvalue weighted by Crippen LogP contribution is 2.41. The summed E-state index contributed by atoms with van der Waals surface area (Å²) < 4.78 is 1.73. The molecule has 0 bridgehead atoms. The third-order valence-electron chi connectivity index (χ3n) is 4.76. The van der Waals surface area contributed by atoms with Gasteiger partial charge in [-0.15, -0.1) is 0 Å². The highest BCUT2D eigenvalue weighted by molar-refractivity contribution is 5.92. The minimum absolute atomic E-state index is 0.0386. The molecule has 2 aromatic heterocycles. The van der Waals surface area contributed by atoms with Gasteiger partial charge in [-0.25, -0.2) is 4.98 Å². The lowest BCUT2D eigenvalue weighted by Gasteiger charge is -2.38. The first-order valence-electron chi connectivity index (χ1n) is 9.04. The molecule has 1 saturated heterocycles. The Morgan fingerprint density at radius 1 is 1.26 bits per heavy atom. The van der Waals surface area contributed by atoms with E-state index in [0.29, 0.717) is 13.0 Å². The molecule has 3 rings (SSSR count). The van der Waals surface area contributed by atoms with Crippen LogP contribution >= 0.6 is 0 Å². The number of carbonyl (C=O) groups is 2. The largest absolute Gasteiger partial charge is 0.350 e. The van der Waals surface area contributed by atoms with Crippen LogP contribution in [-0.2, 0) is 11.8 Å². The van der Waals surface area contributed by atoms with Crippen LogP contribution in [0.5, 0.6) is 0 Å². The van der Waals surface area contributed by atoms with E-state index < -0.39 is 0 Å². The highest BCUT2D eigenvalue weighted by atomic mass is 16.2. The standard InChI is InChI=1S/C19H26N6O2/c1-12-7-21-15(10-20-12)18(27)22-8-13-6-16(26)25(19(2,3)4)17(13)14-9-23-24(5)11-14/h7,9-11,13,17H,6,8H2,1-5H3,(H,22,27)/t13-,17+/m0/s1. The molecule has 0 unspecified atom stereocenters. The number of rotatable bonds is 4. The van der Waals surface area contributed by atoms with Gasteiger partial charge < -0.3 is 10.2 Å². The third kappa shape index (κ3) is 3.99. The number of hydrogen-bond acceptors (Lipinski definition) is 5. The van der Waals surface area contributed by atoms with Crippen LogP contribution in [0, 0.1) is 12.8 Å². The fraction of sp³-hybridized carbons (Fsp3) is 0.526. The molecule has 0 spiro atoms. The summed E-state index contributed by atoms with van der Waals surface area (Å²) in [5.74, 6) is -0.233. The van der Waals surface area contributed by atoms with Gasteiger partial charge in [-0.2, -0.15) is 5.10 Å². The highest BCUT2D eigenvalue weighted by Gasteiger charge is 2.45. The monoisotopic (exact) mass is 370 g/mol. The van der Waals surface area contributed by atoms with E-state index in [2.05, 4.69) is 20.4 Å². The molecule has 2 aromatic rings. The molecule has 1 aliphatic heterocycles. The van der Waals surface area contributed by atoms with E-state index in [1.54, 1.807) is 17.1 Å². The van der Waals surface area contributed by atoms with Gasteiger partial charge in [-0.1, -0.05) is 0 Å². The van der Waals surface area contributed by atoms with Crippen molar-refractivity contribution in [3.05, 3.63) is 41.7 Å². The Kier molecular flexibility index (Phi) is 4.99. The zero-order chi connectivity index (χ0) is 19.8. The Morgan fingerprint density at radius 3 is 2.56 bits per heavy atom. The first-order chi connectivity index (χ1) is 12.7. The van der Waals surface area contributed by atoms with Crippen molar-refractivity contribution in [2.24, 2.45) is 13.0 Å². The second-order valence-corrected chi connectivity index (χ2v) is 8.04. The molecule has 1 fully saturated rings. The average Bonchev–Trinajstić information content (AvgIpc) is 3.15. The summed E-state index contributed by atoms with van der Waals surface area (Å²) >= 11 is 0. The summed E-state index contributed by atoms with van der Waals surface area (Å²) in [6.45, 7) is 8.27. The van der Waals surface area contributed by atoms with E-state index in [1.165, 1.54) is 6.20 Å². The van der Waals surface area contributed by atoms with Crippen molar-refractivity contribution in [2.45, 2.75) is 45.7 Å². The second kappa shape index (κ2) is 7.09. The van der Waals surface area contributed by atoms with Crippen molar-refractivity contribution in [3.8, 4) is 0 Å². The number of aromatic nitrogens is 4. The van der Waals surface area contributed by atoms with Crippen molar-refractivity contribution in [1.82, 2.24) is 30.0 Å². The van der Waals surface area contributed by atoms with Crippen LogP contribution < -0.4 is 5.32 Å². The van der Waals surface area contributed by atoms with Gasteiger partial charge in [-0.3, -0.25) is 19.3 Å². The summed E-state index contributed by atoms with van der Waals surface area (Å²) in [5.41, 5.74) is 1.69. The summed E-state index contributed by atoms with van der Waals surface area (Å²) in [6.07, 6.45) is 7.14. The molecular weight excluding hydrogens is 344 g/mol. The number of nitrogens with zero attached hydrogens (tertiary/aromatic N) is 5. The molecule has 27 heavy (non-hydrogen) atoms. The Labute approximate surface area is 159 Å². The number of likely N-dealkylation sites (tertiary alicyclic amines) is 1. The molecule has 0 aliphatic carbocycles. The van der Waals surface area contributed by atoms with E-state index in [1.807, 2.05) is 45.8 Å². The smallest absolute Gasteiger partial charge is 0.271 e. The SMILES string of the molecule is Cc1cnc(C(=O)NC[C@@H]2CC(=O)N(C(C)(C)C)[C@H]2c2cnn(C)c2)cn1. The minimum Gasteiger partial charge on any atom is -0.350 e. The topological polar surface area (TPSA) is 93.0 Å². The van der Waals surface area contributed by atoms with E-state index in [0.717, 1.165) is 11.3 Å². The maximum atomic E-state index is 12.7. The van der Waals surface area contributed by atoms with Crippen molar-refractivity contribution in [3.63, 3.8) is 0 Å². The van der Waals surface area contributed by atoms with Gasteiger partial charge in [-0.05, 0) is 27.7 Å². The second-order valence-electron chi connectivity index (χ2n) is 8.04.